The zero-order chi connectivity index (χ0) is 67.2. The summed E-state index contributed by atoms with van der Waals surface area (Å²) < 4.78 is 27.2. The fourth-order valence-corrected chi connectivity index (χ4v) is 11.5. The molecular formula is C80H128O9. The van der Waals surface area contributed by atoms with E-state index in [1.54, 1.807) is 6.08 Å². The molecule has 6 saturated carbocycles. The molecule has 0 aromatic rings. The molecular weight excluding hydrogens is 1100 g/mol. The quantitative estimate of drug-likeness (QED) is 0.0428. The summed E-state index contributed by atoms with van der Waals surface area (Å²) in [6.45, 7) is 63.9. The smallest absolute Gasteiger partial charge is 0.330 e. The van der Waals surface area contributed by atoms with E-state index in [4.69, 9.17) is 28.8 Å². The Morgan fingerprint density at radius 2 is 0.854 bits per heavy atom. The van der Waals surface area contributed by atoms with Crippen molar-refractivity contribution in [3.8, 4) is 0 Å². The first-order valence-corrected chi connectivity index (χ1v) is 34.2. The maximum atomic E-state index is 11.2. The number of hydrogen-bond donors (Lipinski definition) is 2. The summed E-state index contributed by atoms with van der Waals surface area (Å²) in [6, 6.07) is 0. The monoisotopic (exact) mass is 1230 g/mol. The van der Waals surface area contributed by atoms with E-state index in [1.165, 1.54) is 93.1 Å². The van der Waals surface area contributed by atoms with Gasteiger partial charge in [-0.15, -0.1) is 0 Å². The lowest BCUT2D eigenvalue weighted by Gasteiger charge is -2.27. The number of rotatable bonds is 19. The molecule has 0 spiro atoms. The fraction of sp³-hybridized carbons (Fsp3) is 0.625. The van der Waals surface area contributed by atoms with Crippen molar-refractivity contribution in [2.24, 2.45) is 35.5 Å². The van der Waals surface area contributed by atoms with Gasteiger partial charge in [0, 0.05) is 38.6 Å². The number of carbonyl (C=O) groups excluding carboxylic acids is 2. The van der Waals surface area contributed by atoms with Gasteiger partial charge in [0.25, 0.3) is 0 Å². The molecule has 0 aromatic carbocycles. The first kappa shape index (κ1) is 82.1. The minimum atomic E-state index is -0.332. The Morgan fingerprint density at radius 3 is 1.24 bits per heavy atom. The standard InChI is InChI=1S/C16H26.C14H24O2.C14H22O2.C14H20O2.C13H22O.C9H14O2/c1-6-13(4)10-15-8-7-14(5)16(11-15)9-12(2)3;1-5-15-10-16-14-7-6-12(4)13(9-14)8-11(2)3;2*1-5-14(15)16-13-7-6-11(4)12(9-13)8-10(2)3;1-5-14-13-7-6-11(4)12(9-13)8-10(2)3;1-7-2-3-9(11)6-8(7)4-5-10/h9,12,15H,4-8,10-11H2,1-3H3;8,11,14H,4-7,9-10H2,1-3H3;8,10,13H,4-7,9H2,1-3H3;5,8,10,13H,1,4,6-7,9H2,2-3H3;8,10,13H,4-7,9H2,1-3H3;4,9-11H,1-3,5-6H2/b16-9-;13-8-;3*12-8-;8-4-. The topological polar surface area (TPSA) is 121 Å². The van der Waals surface area contributed by atoms with Crippen LogP contribution in [0.4, 0.5) is 0 Å². The Morgan fingerprint density at radius 1 is 0.483 bits per heavy atom. The van der Waals surface area contributed by atoms with E-state index in [2.05, 4.69) is 166 Å². The van der Waals surface area contributed by atoms with Crippen LogP contribution in [0.2, 0.25) is 0 Å². The van der Waals surface area contributed by atoms with Gasteiger partial charge in [-0.05, 0) is 198 Å². The summed E-state index contributed by atoms with van der Waals surface area (Å²) in [5, 5.41) is 17.9. The summed E-state index contributed by atoms with van der Waals surface area (Å²) in [5.41, 5.74) is 16.7. The molecule has 6 unspecified atom stereocenters. The number of esters is 2. The average Bonchev–Trinajstić information content (AvgIpc) is 3.66. The van der Waals surface area contributed by atoms with E-state index in [0.29, 0.717) is 68.0 Å². The second-order valence-electron chi connectivity index (χ2n) is 26.7. The number of aliphatic hydroxyl groups is 2. The largest absolute Gasteiger partial charge is 0.462 e. The number of hydrogen-bond acceptors (Lipinski definition) is 9. The van der Waals surface area contributed by atoms with E-state index < -0.39 is 0 Å². The Bertz CT molecular complexity index is 2380. The predicted octanol–water partition coefficient (Wildman–Crippen LogP) is 20.7. The molecule has 6 aliphatic carbocycles. The van der Waals surface area contributed by atoms with Crippen molar-refractivity contribution < 1.29 is 43.5 Å². The third-order valence-electron chi connectivity index (χ3n) is 16.3. The van der Waals surface area contributed by atoms with Gasteiger partial charge in [0.2, 0.25) is 0 Å². The fourth-order valence-electron chi connectivity index (χ4n) is 11.5. The zero-order valence-electron chi connectivity index (χ0n) is 59.0. The number of carbonyl (C=O) groups is 2. The molecule has 89 heavy (non-hydrogen) atoms. The zero-order valence-corrected chi connectivity index (χ0v) is 59.0. The van der Waals surface area contributed by atoms with Gasteiger partial charge in [0.1, 0.15) is 19.0 Å². The lowest BCUT2D eigenvalue weighted by atomic mass is 9.78. The van der Waals surface area contributed by atoms with Gasteiger partial charge in [0.05, 0.1) is 24.9 Å². The summed E-state index contributed by atoms with van der Waals surface area (Å²) in [7, 11) is 0. The molecule has 6 aliphatic rings. The third-order valence-corrected chi connectivity index (χ3v) is 16.3. The molecule has 0 aliphatic heterocycles. The molecule has 6 atom stereocenters. The van der Waals surface area contributed by atoms with Crippen LogP contribution >= 0.6 is 0 Å². The summed E-state index contributed by atoms with van der Waals surface area (Å²) >= 11 is 0. The van der Waals surface area contributed by atoms with Crippen molar-refractivity contribution in [2.45, 2.75) is 262 Å². The van der Waals surface area contributed by atoms with Crippen LogP contribution in [-0.2, 0) is 33.3 Å². The summed E-state index contributed by atoms with van der Waals surface area (Å²) in [6.07, 6.45) is 35.4. The second kappa shape index (κ2) is 46.2. The number of allylic oxidation sites excluding steroid dienone is 13. The average molecular weight is 1230 g/mol. The number of aliphatic hydroxyl groups excluding tert-OH is 2. The van der Waals surface area contributed by atoms with Crippen molar-refractivity contribution >= 4 is 11.9 Å². The molecule has 0 heterocycles. The SMILES string of the molecule is C=C(CC)CC1CCC(=C)/C(=C\C(C)C)C1.C=C1CCC(O)C/C1=C/CO.C=C1CCC(OC(=O)CC)C/C1=C/C(C)C.C=C1CCC(OCC)C/C1=C/C(C)C.C=C1CCC(OCOCC)C/C1=C/C(C)C.C=CC(=O)OC1CCC(=C)/C(=C\C(C)C)C1. The lowest BCUT2D eigenvalue weighted by molar-refractivity contribution is -0.149. The first-order chi connectivity index (χ1) is 42.1. The van der Waals surface area contributed by atoms with E-state index in [1.807, 2.05) is 13.8 Å². The van der Waals surface area contributed by atoms with E-state index >= 15 is 0 Å². The van der Waals surface area contributed by atoms with Crippen LogP contribution in [-0.4, -0.2) is 79.3 Å². The van der Waals surface area contributed by atoms with Crippen molar-refractivity contribution in [1.29, 1.82) is 0 Å². The second-order valence-corrected chi connectivity index (χ2v) is 26.7. The van der Waals surface area contributed by atoms with Gasteiger partial charge in [-0.25, -0.2) is 4.79 Å². The predicted molar refractivity (Wildman–Crippen MR) is 378 cm³/mol. The van der Waals surface area contributed by atoms with Gasteiger partial charge < -0.3 is 33.9 Å². The Kier molecular flexibility index (Phi) is 42.6. The van der Waals surface area contributed by atoms with E-state index in [0.717, 1.165) is 120 Å². The van der Waals surface area contributed by atoms with Crippen LogP contribution in [0.1, 0.15) is 232 Å². The first-order valence-electron chi connectivity index (χ1n) is 34.2. The highest BCUT2D eigenvalue weighted by Crippen LogP contribution is 2.37. The molecule has 502 valence electrons. The maximum Gasteiger partial charge on any atom is 0.330 e. The van der Waals surface area contributed by atoms with Gasteiger partial charge >= 0.3 is 11.9 Å². The lowest BCUT2D eigenvalue weighted by Crippen LogP contribution is -2.22. The van der Waals surface area contributed by atoms with E-state index in [9.17, 15) is 14.7 Å². The Labute approximate surface area is 544 Å². The molecule has 0 radical (unpaired) electrons. The normalized spacial score (nSPS) is 25.0. The molecule has 0 saturated heterocycles. The van der Waals surface area contributed by atoms with Crippen molar-refractivity contribution in [1.82, 2.24) is 0 Å². The summed E-state index contributed by atoms with van der Waals surface area (Å²) in [4.78, 5) is 22.3. The highest BCUT2D eigenvalue weighted by Gasteiger charge is 2.26. The molecule has 6 rings (SSSR count). The van der Waals surface area contributed by atoms with Gasteiger partial charge in [-0.2, -0.15) is 0 Å². The van der Waals surface area contributed by atoms with Crippen LogP contribution in [0.5, 0.6) is 0 Å². The van der Waals surface area contributed by atoms with Gasteiger partial charge in [-0.1, -0.05) is 211 Å². The Balaban J connectivity index is 0.000000536. The van der Waals surface area contributed by atoms with E-state index in [-0.39, 0.29) is 36.9 Å². The highest BCUT2D eigenvalue weighted by atomic mass is 16.7. The molecule has 9 heteroatoms. The molecule has 0 bridgehead atoms. The maximum absolute atomic E-state index is 11.2. The molecule has 0 aromatic heterocycles. The van der Waals surface area contributed by atoms with Gasteiger partial charge in [-0.3, -0.25) is 4.79 Å². The minimum absolute atomic E-state index is 0.0130. The molecule has 2 N–H and O–H groups in total. The van der Waals surface area contributed by atoms with Gasteiger partial charge in [0.15, 0.2) is 0 Å². The van der Waals surface area contributed by atoms with Crippen molar-refractivity contribution in [3.63, 3.8) is 0 Å². The van der Waals surface area contributed by atoms with Crippen LogP contribution in [0, 0.1) is 35.5 Å². The highest BCUT2D eigenvalue weighted by molar-refractivity contribution is 5.81. The summed E-state index contributed by atoms with van der Waals surface area (Å²) in [5.74, 6) is 3.23. The van der Waals surface area contributed by atoms with Crippen molar-refractivity contribution in [2.75, 3.05) is 26.6 Å². The van der Waals surface area contributed by atoms with Crippen LogP contribution in [0.3, 0.4) is 0 Å². The van der Waals surface area contributed by atoms with Crippen LogP contribution < -0.4 is 0 Å². The molecule has 6 fully saturated rings. The van der Waals surface area contributed by atoms with Crippen LogP contribution in [0.15, 0.2) is 168 Å². The minimum Gasteiger partial charge on any atom is -0.462 e. The third kappa shape index (κ3) is 36.7. The molecule has 0 amide bonds. The Hall–Kier alpha value is -4.90. The van der Waals surface area contributed by atoms with Crippen LogP contribution in [0.25, 0.3) is 0 Å². The van der Waals surface area contributed by atoms with Crippen molar-refractivity contribution in [3.05, 3.63) is 168 Å². The number of ether oxygens (including phenoxy) is 5. The molecule has 9 nitrogen and oxygen atoms in total.